The van der Waals surface area contributed by atoms with Gasteiger partial charge in [0, 0.05) is 30.0 Å². The second-order valence-electron chi connectivity index (χ2n) is 5.12. The van der Waals surface area contributed by atoms with E-state index in [1.807, 2.05) is 11.8 Å². The molecule has 4 heteroatoms. The van der Waals surface area contributed by atoms with Gasteiger partial charge in [-0.3, -0.25) is 4.79 Å². The molecule has 0 aromatic rings. The molecule has 3 nitrogen and oxygen atoms in total. The van der Waals surface area contributed by atoms with Gasteiger partial charge in [-0.05, 0) is 25.4 Å². The van der Waals surface area contributed by atoms with Crippen molar-refractivity contribution in [3.8, 4) is 0 Å². The van der Waals surface area contributed by atoms with E-state index in [0.717, 1.165) is 32.6 Å². The predicted molar refractivity (Wildman–Crippen MR) is 68.7 cm³/mol. The summed E-state index contributed by atoms with van der Waals surface area (Å²) in [5.74, 6) is 0.945. The zero-order valence-electron chi connectivity index (χ0n) is 10.2. The van der Waals surface area contributed by atoms with Crippen LogP contribution in [0.5, 0.6) is 0 Å². The maximum absolute atomic E-state index is 12.1. The molecule has 0 spiro atoms. The van der Waals surface area contributed by atoms with Crippen LogP contribution >= 0.6 is 11.8 Å². The first-order chi connectivity index (χ1) is 7.65. The van der Waals surface area contributed by atoms with Crippen molar-refractivity contribution in [1.29, 1.82) is 0 Å². The van der Waals surface area contributed by atoms with Gasteiger partial charge in [0.05, 0.1) is 0 Å². The average Bonchev–Trinajstić information content (AvgIpc) is 2.68. The third-order valence-corrected chi connectivity index (χ3v) is 4.63. The summed E-state index contributed by atoms with van der Waals surface area (Å²) < 4.78 is 0. The minimum absolute atomic E-state index is 0.368. The molecule has 2 heterocycles. The molecule has 1 amide bonds. The van der Waals surface area contributed by atoms with E-state index in [1.165, 1.54) is 6.42 Å². The Balaban J connectivity index is 1.83. The van der Waals surface area contributed by atoms with Crippen LogP contribution in [0.15, 0.2) is 0 Å². The number of nitrogens with one attached hydrogen (secondary N) is 1. The lowest BCUT2D eigenvalue weighted by Crippen LogP contribution is -2.44. The number of thioether (sulfide) groups is 1. The molecule has 0 aromatic carbocycles. The summed E-state index contributed by atoms with van der Waals surface area (Å²) in [6, 6.07) is 0. The standard InChI is InChI=1S/C12H22N2OS/c1-9-7-14(8-10(2)16-9)12(15)5-11-3-4-13-6-11/h9-11,13H,3-8H2,1-2H3. The van der Waals surface area contributed by atoms with Crippen LogP contribution in [0.2, 0.25) is 0 Å². The van der Waals surface area contributed by atoms with E-state index < -0.39 is 0 Å². The molecular formula is C12H22N2OS. The minimum atomic E-state index is 0.368. The molecule has 1 N–H and O–H groups in total. The maximum atomic E-state index is 12.1. The van der Waals surface area contributed by atoms with Crippen molar-refractivity contribution in [2.75, 3.05) is 26.2 Å². The molecule has 0 aromatic heterocycles. The molecule has 2 saturated heterocycles. The first-order valence-electron chi connectivity index (χ1n) is 6.29. The summed E-state index contributed by atoms with van der Waals surface area (Å²) in [5.41, 5.74) is 0. The number of carbonyl (C=O) groups excluding carboxylic acids is 1. The highest BCUT2D eigenvalue weighted by Crippen LogP contribution is 2.26. The Morgan fingerprint density at radius 3 is 2.62 bits per heavy atom. The Bertz CT molecular complexity index is 243. The van der Waals surface area contributed by atoms with Gasteiger partial charge in [0.25, 0.3) is 0 Å². The Morgan fingerprint density at radius 2 is 2.06 bits per heavy atom. The van der Waals surface area contributed by atoms with Gasteiger partial charge in [-0.15, -0.1) is 0 Å². The SMILES string of the molecule is CC1CN(C(=O)CC2CCNC2)CC(C)S1. The Hall–Kier alpha value is -0.220. The van der Waals surface area contributed by atoms with Gasteiger partial charge in [0.1, 0.15) is 0 Å². The number of amides is 1. The molecule has 92 valence electrons. The molecular weight excluding hydrogens is 220 g/mol. The van der Waals surface area contributed by atoms with Gasteiger partial charge in [-0.25, -0.2) is 0 Å². The number of hydrogen-bond acceptors (Lipinski definition) is 3. The van der Waals surface area contributed by atoms with Gasteiger partial charge in [-0.1, -0.05) is 13.8 Å². The van der Waals surface area contributed by atoms with E-state index >= 15 is 0 Å². The van der Waals surface area contributed by atoms with Crippen LogP contribution in [0.3, 0.4) is 0 Å². The van der Waals surface area contributed by atoms with Crippen LogP contribution in [-0.4, -0.2) is 47.5 Å². The lowest BCUT2D eigenvalue weighted by atomic mass is 10.0. The molecule has 2 aliphatic rings. The van der Waals surface area contributed by atoms with Crippen LogP contribution in [0.1, 0.15) is 26.7 Å². The first-order valence-corrected chi connectivity index (χ1v) is 7.23. The fraction of sp³-hybridized carbons (Fsp3) is 0.917. The van der Waals surface area contributed by atoms with Crippen molar-refractivity contribution in [3.63, 3.8) is 0 Å². The fourth-order valence-electron chi connectivity index (χ4n) is 2.65. The molecule has 2 aliphatic heterocycles. The smallest absolute Gasteiger partial charge is 0.222 e. The molecule has 2 fully saturated rings. The van der Waals surface area contributed by atoms with Crippen molar-refractivity contribution >= 4 is 17.7 Å². The summed E-state index contributed by atoms with van der Waals surface area (Å²) in [6.45, 7) is 8.43. The Labute approximate surface area is 102 Å². The third-order valence-electron chi connectivity index (χ3n) is 3.40. The quantitative estimate of drug-likeness (QED) is 0.793. The van der Waals surface area contributed by atoms with Gasteiger partial charge >= 0.3 is 0 Å². The fourth-order valence-corrected chi connectivity index (χ4v) is 3.97. The molecule has 0 saturated carbocycles. The van der Waals surface area contributed by atoms with Crippen molar-refractivity contribution in [3.05, 3.63) is 0 Å². The highest BCUT2D eigenvalue weighted by molar-refractivity contribution is 8.00. The lowest BCUT2D eigenvalue weighted by Gasteiger charge is -2.35. The normalized spacial score (nSPS) is 35.4. The number of carbonyl (C=O) groups is 1. The zero-order valence-corrected chi connectivity index (χ0v) is 11.1. The highest BCUT2D eigenvalue weighted by atomic mass is 32.2. The van der Waals surface area contributed by atoms with E-state index in [0.29, 0.717) is 22.3 Å². The van der Waals surface area contributed by atoms with Gasteiger partial charge < -0.3 is 10.2 Å². The summed E-state index contributed by atoms with van der Waals surface area (Å²) in [6.07, 6.45) is 1.91. The van der Waals surface area contributed by atoms with Gasteiger partial charge in [-0.2, -0.15) is 11.8 Å². The van der Waals surface area contributed by atoms with E-state index in [1.54, 1.807) is 0 Å². The molecule has 2 rings (SSSR count). The molecule has 16 heavy (non-hydrogen) atoms. The monoisotopic (exact) mass is 242 g/mol. The summed E-state index contributed by atoms with van der Waals surface area (Å²) in [5, 5.41) is 4.51. The van der Waals surface area contributed by atoms with Crippen molar-refractivity contribution in [1.82, 2.24) is 10.2 Å². The largest absolute Gasteiger partial charge is 0.340 e. The minimum Gasteiger partial charge on any atom is -0.340 e. The molecule has 0 radical (unpaired) electrons. The van der Waals surface area contributed by atoms with Crippen LogP contribution < -0.4 is 5.32 Å². The van der Waals surface area contributed by atoms with E-state index in [-0.39, 0.29) is 0 Å². The van der Waals surface area contributed by atoms with Crippen LogP contribution in [-0.2, 0) is 4.79 Å². The summed E-state index contributed by atoms with van der Waals surface area (Å²) in [7, 11) is 0. The topological polar surface area (TPSA) is 32.3 Å². The molecule has 0 bridgehead atoms. The Morgan fingerprint density at radius 1 is 1.38 bits per heavy atom. The second-order valence-corrected chi connectivity index (χ2v) is 7.00. The Kier molecular flexibility index (Phi) is 4.14. The molecule has 3 unspecified atom stereocenters. The van der Waals surface area contributed by atoms with Crippen molar-refractivity contribution in [2.45, 2.75) is 37.2 Å². The predicted octanol–water partition coefficient (Wildman–Crippen LogP) is 1.34. The molecule has 3 atom stereocenters. The van der Waals surface area contributed by atoms with Crippen molar-refractivity contribution < 1.29 is 4.79 Å². The van der Waals surface area contributed by atoms with Crippen molar-refractivity contribution in [2.24, 2.45) is 5.92 Å². The van der Waals surface area contributed by atoms with E-state index in [9.17, 15) is 4.79 Å². The van der Waals surface area contributed by atoms with E-state index in [4.69, 9.17) is 0 Å². The lowest BCUT2D eigenvalue weighted by molar-refractivity contribution is -0.132. The summed E-state index contributed by atoms with van der Waals surface area (Å²) >= 11 is 2.00. The second kappa shape index (κ2) is 5.41. The van der Waals surface area contributed by atoms with E-state index in [2.05, 4.69) is 24.1 Å². The van der Waals surface area contributed by atoms with Crippen LogP contribution in [0.25, 0.3) is 0 Å². The highest BCUT2D eigenvalue weighted by Gasteiger charge is 2.27. The van der Waals surface area contributed by atoms with Gasteiger partial charge in [0.15, 0.2) is 0 Å². The van der Waals surface area contributed by atoms with Crippen LogP contribution in [0, 0.1) is 5.92 Å². The number of hydrogen-bond donors (Lipinski definition) is 1. The third kappa shape index (κ3) is 3.14. The number of nitrogens with zero attached hydrogens (tertiary/aromatic N) is 1. The first kappa shape index (κ1) is 12.2. The van der Waals surface area contributed by atoms with Crippen LogP contribution in [0.4, 0.5) is 0 Å². The zero-order chi connectivity index (χ0) is 11.5. The number of rotatable bonds is 2. The average molecular weight is 242 g/mol. The van der Waals surface area contributed by atoms with Gasteiger partial charge in [0.2, 0.25) is 5.91 Å². The molecule has 0 aliphatic carbocycles. The maximum Gasteiger partial charge on any atom is 0.222 e. The summed E-state index contributed by atoms with van der Waals surface area (Å²) in [4.78, 5) is 14.2.